The molecular weight excluding hydrogens is 368 g/mol. The molecule has 1 heterocycles. The normalized spacial score (nSPS) is 12.4. The van der Waals surface area contributed by atoms with Gasteiger partial charge < -0.3 is 14.4 Å². The second-order valence-electron chi connectivity index (χ2n) is 6.28. The molecule has 7 nitrogen and oxygen atoms in total. The first kappa shape index (κ1) is 18.7. The lowest BCUT2D eigenvalue weighted by molar-refractivity contribution is -0.127. The van der Waals surface area contributed by atoms with E-state index in [4.69, 9.17) is 14.7 Å². The highest BCUT2D eigenvalue weighted by Crippen LogP contribution is 2.32. The van der Waals surface area contributed by atoms with Crippen molar-refractivity contribution in [2.75, 3.05) is 19.6 Å². The number of hydrogen-bond donors (Lipinski definition) is 0. The van der Waals surface area contributed by atoms with Crippen molar-refractivity contribution in [2.24, 2.45) is 0 Å². The van der Waals surface area contributed by atoms with Gasteiger partial charge in [0.05, 0.1) is 17.4 Å². The number of nitriles is 1. The van der Waals surface area contributed by atoms with Crippen LogP contribution in [0.3, 0.4) is 0 Å². The van der Waals surface area contributed by atoms with E-state index in [1.54, 1.807) is 43.4 Å². The number of benzene rings is 2. The average molecular weight is 386 g/mol. The molecule has 0 saturated carbocycles. The average Bonchev–Trinajstić information content (AvgIpc) is 3.09. The van der Waals surface area contributed by atoms with Crippen LogP contribution in [0, 0.1) is 11.3 Å². The Hall–Kier alpha value is -3.05. The topological polar surface area (TPSA) is 96.7 Å². The number of hydrogen-bond acceptors (Lipinski definition) is 6. The van der Waals surface area contributed by atoms with Crippen molar-refractivity contribution in [3.8, 4) is 17.6 Å². The summed E-state index contributed by atoms with van der Waals surface area (Å²) < 4.78 is 35.2. The Kier molecular flexibility index (Phi) is 5.33. The maximum Gasteiger partial charge on any atom is 0.237 e. The number of nitrogens with zero attached hydrogens (tertiary/aromatic N) is 2. The molecule has 0 aromatic heterocycles. The van der Waals surface area contributed by atoms with Crippen LogP contribution in [0.15, 0.2) is 42.5 Å². The highest BCUT2D eigenvalue weighted by Gasteiger charge is 2.21. The summed E-state index contributed by atoms with van der Waals surface area (Å²) in [7, 11) is -2.06. The van der Waals surface area contributed by atoms with Crippen molar-refractivity contribution in [2.45, 2.75) is 12.3 Å². The first-order chi connectivity index (χ1) is 12.9. The van der Waals surface area contributed by atoms with Crippen LogP contribution in [0.5, 0.6) is 11.5 Å². The third-order valence-corrected chi connectivity index (χ3v) is 5.56. The first-order valence-electron chi connectivity index (χ1n) is 8.18. The molecule has 2 aromatic rings. The van der Waals surface area contributed by atoms with E-state index < -0.39 is 21.5 Å². The van der Waals surface area contributed by atoms with Crippen LogP contribution in [-0.2, 0) is 26.9 Å². The van der Waals surface area contributed by atoms with Gasteiger partial charge in [-0.2, -0.15) is 5.26 Å². The minimum absolute atomic E-state index is 0.168. The quantitative estimate of drug-likeness (QED) is 0.752. The van der Waals surface area contributed by atoms with Crippen molar-refractivity contribution in [3.63, 3.8) is 0 Å². The van der Waals surface area contributed by atoms with E-state index in [1.165, 1.54) is 4.90 Å². The van der Waals surface area contributed by atoms with E-state index in [0.717, 1.165) is 5.56 Å². The van der Waals surface area contributed by atoms with Crippen molar-refractivity contribution >= 4 is 15.7 Å². The molecule has 0 unspecified atom stereocenters. The van der Waals surface area contributed by atoms with Crippen molar-refractivity contribution in [1.29, 1.82) is 5.26 Å². The molecule has 0 atom stereocenters. The number of carbonyl (C=O) groups excluding carboxylic acids is 1. The van der Waals surface area contributed by atoms with E-state index in [-0.39, 0.29) is 19.1 Å². The number of fused-ring (bicyclic) bond motifs is 1. The maximum atomic E-state index is 12.3. The molecule has 0 radical (unpaired) electrons. The van der Waals surface area contributed by atoms with Crippen LogP contribution in [-0.4, -0.2) is 38.8 Å². The summed E-state index contributed by atoms with van der Waals surface area (Å²) in [4.78, 5) is 13.7. The highest BCUT2D eigenvalue weighted by atomic mass is 32.2. The number of carbonyl (C=O) groups is 1. The molecule has 3 rings (SSSR count). The van der Waals surface area contributed by atoms with Gasteiger partial charge in [0.1, 0.15) is 5.75 Å². The van der Waals surface area contributed by atoms with Gasteiger partial charge in [-0.05, 0) is 35.4 Å². The fourth-order valence-corrected chi connectivity index (χ4v) is 4.08. The van der Waals surface area contributed by atoms with Gasteiger partial charge in [-0.15, -0.1) is 0 Å². The molecule has 0 fully saturated rings. The number of rotatable bonds is 6. The lowest BCUT2D eigenvalue weighted by Gasteiger charge is -2.17. The zero-order valence-corrected chi connectivity index (χ0v) is 15.5. The van der Waals surface area contributed by atoms with E-state index >= 15 is 0 Å². The largest absolute Gasteiger partial charge is 0.454 e. The molecule has 0 saturated heterocycles. The van der Waals surface area contributed by atoms with Gasteiger partial charge in [0, 0.05) is 13.6 Å². The molecule has 8 heteroatoms. The minimum Gasteiger partial charge on any atom is -0.454 e. The number of ether oxygens (including phenoxy) is 2. The highest BCUT2D eigenvalue weighted by molar-refractivity contribution is 7.91. The van der Waals surface area contributed by atoms with Crippen LogP contribution in [0.25, 0.3) is 0 Å². The molecule has 1 amide bonds. The van der Waals surface area contributed by atoms with Crippen LogP contribution in [0.4, 0.5) is 0 Å². The summed E-state index contributed by atoms with van der Waals surface area (Å²) >= 11 is 0. The summed E-state index contributed by atoms with van der Waals surface area (Å²) in [5.41, 5.74) is 1.82. The van der Waals surface area contributed by atoms with Crippen LogP contribution >= 0.6 is 0 Å². The molecular formula is C19H18N2O5S. The molecule has 0 aliphatic carbocycles. The van der Waals surface area contributed by atoms with E-state index in [0.29, 0.717) is 22.6 Å². The van der Waals surface area contributed by atoms with Crippen molar-refractivity contribution in [3.05, 3.63) is 59.2 Å². The molecule has 1 aliphatic rings. The van der Waals surface area contributed by atoms with Gasteiger partial charge >= 0.3 is 0 Å². The fourth-order valence-electron chi connectivity index (χ4n) is 2.68. The Bertz CT molecular complexity index is 994. The molecule has 0 N–H and O–H groups in total. The summed E-state index contributed by atoms with van der Waals surface area (Å²) in [6.07, 6.45) is 0. The lowest BCUT2D eigenvalue weighted by Crippen LogP contribution is -2.32. The number of sulfone groups is 1. The fraction of sp³-hybridized carbons (Fsp3) is 0.263. The van der Waals surface area contributed by atoms with Crippen LogP contribution < -0.4 is 9.47 Å². The Balaban J connectivity index is 1.60. The van der Waals surface area contributed by atoms with Gasteiger partial charge in [-0.25, -0.2) is 8.42 Å². The SMILES string of the molecule is CN(Cc1ccc2c(c1)OCO2)C(=O)CS(=O)(=O)Cc1ccc(C#N)cc1. The number of amides is 1. The third kappa shape index (κ3) is 4.77. The van der Waals surface area contributed by atoms with Gasteiger partial charge in [-0.1, -0.05) is 18.2 Å². The van der Waals surface area contributed by atoms with Crippen molar-refractivity contribution < 1.29 is 22.7 Å². The molecule has 2 aromatic carbocycles. The van der Waals surface area contributed by atoms with Gasteiger partial charge in [0.2, 0.25) is 12.7 Å². The summed E-state index contributed by atoms with van der Waals surface area (Å²) in [5, 5.41) is 8.78. The standard InChI is InChI=1S/C19H18N2O5S/c1-21(10-16-6-7-17-18(8-16)26-13-25-17)19(22)12-27(23,24)11-15-4-2-14(9-20)3-5-15/h2-8H,10-13H2,1H3. The predicted octanol–water partition coefficient (Wildman–Crippen LogP) is 1.86. The van der Waals surface area contributed by atoms with Crippen molar-refractivity contribution in [1.82, 2.24) is 4.90 Å². The zero-order valence-electron chi connectivity index (χ0n) is 14.7. The molecule has 0 spiro atoms. The summed E-state index contributed by atoms with van der Waals surface area (Å²) in [5.74, 6) is -0.0445. The first-order valence-corrected chi connectivity index (χ1v) is 10.0. The Morgan fingerprint density at radius 2 is 1.78 bits per heavy atom. The van der Waals surface area contributed by atoms with E-state index in [9.17, 15) is 13.2 Å². The molecule has 140 valence electrons. The van der Waals surface area contributed by atoms with E-state index in [2.05, 4.69) is 0 Å². The summed E-state index contributed by atoms with van der Waals surface area (Å²) in [6.45, 7) is 0.434. The van der Waals surface area contributed by atoms with E-state index in [1.807, 2.05) is 12.1 Å². The monoisotopic (exact) mass is 386 g/mol. The predicted molar refractivity (Wildman–Crippen MR) is 97.7 cm³/mol. The Morgan fingerprint density at radius 1 is 1.11 bits per heavy atom. The second kappa shape index (κ2) is 7.68. The Morgan fingerprint density at radius 3 is 2.48 bits per heavy atom. The molecule has 0 bridgehead atoms. The summed E-state index contributed by atoms with van der Waals surface area (Å²) in [6, 6.07) is 13.6. The Labute approximate surface area is 157 Å². The van der Waals surface area contributed by atoms with Gasteiger partial charge in [0.15, 0.2) is 21.3 Å². The van der Waals surface area contributed by atoms with Crippen LogP contribution in [0.2, 0.25) is 0 Å². The zero-order chi connectivity index (χ0) is 19.4. The molecule has 27 heavy (non-hydrogen) atoms. The van der Waals surface area contributed by atoms with Gasteiger partial charge in [-0.3, -0.25) is 4.79 Å². The third-order valence-electron chi connectivity index (χ3n) is 4.10. The molecule has 1 aliphatic heterocycles. The smallest absolute Gasteiger partial charge is 0.237 e. The minimum atomic E-state index is -3.62. The second-order valence-corrected chi connectivity index (χ2v) is 8.34. The maximum absolute atomic E-state index is 12.3. The van der Waals surface area contributed by atoms with Gasteiger partial charge in [0.25, 0.3) is 0 Å². The van der Waals surface area contributed by atoms with Crippen LogP contribution in [0.1, 0.15) is 16.7 Å². The lowest BCUT2D eigenvalue weighted by atomic mass is 10.2.